The molecule has 1 aliphatic heterocycles. The standard InChI is InChI=1S/C44H52ClN7O8/c1-26-40(53)51-36(44(57)58)23-27-9-15-37(59-20-18-47)33(22-27)34-25-30(12-16-38(34)60-21-19-48)39(42(55)49-26)52(2)43(56)35(8-3-4-17-46)50-41(54)31-7-5-6-29(24-31)28-10-13-32(45)14-11-28/h5-7,9-16,22,24-26,35-36,39H,3-4,8,17-21,23,46-48H2,1-2H3,(H,49,55)(H,50,54)(H,51,53)(H,57,58)/t26-,35-,36-,39-/m0/s1. The average Bonchev–Trinajstić information content (AvgIpc) is 3.24. The maximum atomic E-state index is 14.7. The quantitative estimate of drug-likeness (QED) is 0.0807. The lowest BCUT2D eigenvalue weighted by Crippen LogP contribution is -2.54. The Morgan fingerprint density at radius 2 is 1.50 bits per heavy atom. The van der Waals surface area contributed by atoms with Gasteiger partial charge in [0.15, 0.2) is 0 Å². The van der Waals surface area contributed by atoms with Crippen LogP contribution in [0.2, 0.25) is 5.02 Å². The van der Waals surface area contributed by atoms with Crippen molar-refractivity contribution in [3.63, 3.8) is 0 Å². The van der Waals surface area contributed by atoms with E-state index in [9.17, 15) is 29.1 Å². The van der Waals surface area contributed by atoms with E-state index >= 15 is 0 Å². The van der Waals surface area contributed by atoms with Crippen molar-refractivity contribution < 1.29 is 38.6 Å². The molecule has 4 amide bonds. The monoisotopic (exact) mass is 841 g/mol. The molecule has 0 saturated heterocycles. The van der Waals surface area contributed by atoms with Gasteiger partial charge in [0, 0.05) is 48.3 Å². The largest absolute Gasteiger partial charge is 0.492 e. The third-order valence-corrected chi connectivity index (χ3v) is 10.3. The highest BCUT2D eigenvalue weighted by Crippen LogP contribution is 2.40. The molecule has 1 aliphatic rings. The van der Waals surface area contributed by atoms with Gasteiger partial charge in [0.2, 0.25) is 17.7 Å². The number of carboxylic acids is 1. The normalized spacial score (nSPS) is 17.0. The van der Waals surface area contributed by atoms with Crippen molar-refractivity contribution in [2.45, 2.75) is 56.8 Å². The summed E-state index contributed by atoms with van der Waals surface area (Å²) < 4.78 is 12.1. The Bertz CT molecular complexity index is 2170. The van der Waals surface area contributed by atoms with Crippen LogP contribution in [0.15, 0.2) is 84.9 Å². The van der Waals surface area contributed by atoms with Crippen molar-refractivity contribution in [2.75, 3.05) is 39.9 Å². The number of nitrogens with one attached hydrogen (secondary N) is 3. The summed E-state index contributed by atoms with van der Waals surface area (Å²) in [4.78, 5) is 70.1. The van der Waals surface area contributed by atoms with Crippen LogP contribution in [0.25, 0.3) is 22.3 Å². The molecule has 0 aromatic heterocycles. The highest BCUT2D eigenvalue weighted by Gasteiger charge is 2.36. The number of carbonyl (C=O) groups excluding carboxylic acids is 4. The van der Waals surface area contributed by atoms with Gasteiger partial charge < -0.3 is 52.6 Å². The second-order valence-electron chi connectivity index (χ2n) is 14.4. The molecule has 15 nitrogen and oxygen atoms in total. The first-order chi connectivity index (χ1) is 28.8. The molecular formula is C44H52ClN7O8. The number of carbonyl (C=O) groups is 5. The van der Waals surface area contributed by atoms with Crippen LogP contribution in [0.1, 0.15) is 53.7 Å². The fraction of sp³-hybridized carbons (Fsp3) is 0.341. The van der Waals surface area contributed by atoms with E-state index in [1.54, 1.807) is 66.7 Å². The number of likely N-dealkylation sites (N-methyl/N-ethyl adjacent to an activating group) is 1. The molecule has 4 aromatic rings. The Balaban J connectivity index is 1.60. The zero-order valence-electron chi connectivity index (χ0n) is 33.6. The summed E-state index contributed by atoms with van der Waals surface area (Å²) in [5, 5.41) is 18.8. The Morgan fingerprint density at radius 1 is 0.833 bits per heavy atom. The van der Waals surface area contributed by atoms with Gasteiger partial charge in [0.1, 0.15) is 48.9 Å². The highest BCUT2D eigenvalue weighted by molar-refractivity contribution is 6.30. The van der Waals surface area contributed by atoms with Crippen molar-refractivity contribution in [3.8, 4) is 33.8 Å². The molecule has 4 aromatic carbocycles. The molecule has 60 heavy (non-hydrogen) atoms. The maximum absolute atomic E-state index is 14.7. The summed E-state index contributed by atoms with van der Waals surface area (Å²) in [6, 6.07) is 19.2. The number of nitrogens with two attached hydrogens (primary N) is 3. The Labute approximate surface area is 353 Å². The van der Waals surface area contributed by atoms with Crippen molar-refractivity contribution in [3.05, 3.63) is 107 Å². The number of halogens is 1. The van der Waals surface area contributed by atoms with Gasteiger partial charge in [-0.15, -0.1) is 0 Å². The van der Waals surface area contributed by atoms with E-state index in [4.69, 9.17) is 38.3 Å². The molecule has 0 spiro atoms. The van der Waals surface area contributed by atoms with Crippen LogP contribution in [-0.4, -0.2) is 97.6 Å². The average molecular weight is 842 g/mol. The Hall–Kier alpha value is -6.00. The summed E-state index contributed by atoms with van der Waals surface area (Å²) in [7, 11) is 1.44. The van der Waals surface area contributed by atoms with Gasteiger partial charge in [-0.2, -0.15) is 0 Å². The lowest BCUT2D eigenvalue weighted by Gasteiger charge is -2.32. The number of hydrogen-bond acceptors (Lipinski definition) is 10. The topological polar surface area (TPSA) is 241 Å². The maximum Gasteiger partial charge on any atom is 0.326 e. The minimum absolute atomic E-state index is 0.0901. The van der Waals surface area contributed by atoms with E-state index in [2.05, 4.69) is 16.0 Å². The molecule has 16 heteroatoms. The molecule has 0 unspecified atom stereocenters. The predicted octanol–water partition coefficient (Wildman–Crippen LogP) is 3.41. The molecule has 4 atom stereocenters. The van der Waals surface area contributed by atoms with E-state index < -0.39 is 53.8 Å². The number of benzene rings is 4. The first-order valence-electron chi connectivity index (χ1n) is 19.7. The lowest BCUT2D eigenvalue weighted by atomic mass is 9.93. The molecule has 0 aliphatic carbocycles. The molecule has 10 N–H and O–H groups in total. The van der Waals surface area contributed by atoms with Crippen LogP contribution in [0.3, 0.4) is 0 Å². The van der Waals surface area contributed by atoms with Crippen LogP contribution in [-0.2, 0) is 25.6 Å². The van der Waals surface area contributed by atoms with Gasteiger partial charge >= 0.3 is 5.97 Å². The van der Waals surface area contributed by atoms with Crippen molar-refractivity contribution in [2.24, 2.45) is 17.2 Å². The SMILES string of the molecule is C[C@@H]1NC(=O)[C@@H](N(C)C(=O)[C@H](CCCCN)NC(=O)c2cccc(-c3ccc(Cl)cc3)c2)c2ccc(OCCN)c(c2)-c2cc(ccc2OCCN)C[C@@H](C(=O)O)NC1=O. The summed E-state index contributed by atoms with van der Waals surface area (Å²) in [6.45, 7) is 2.48. The minimum atomic E-state index is -1.37. The van der Waals surface area contributed by atoms with E-state index in [-0.39, 0.29) is 39.1 Å². The van der Waals surface area contributed by atoms with Crippen LogP contribution in [0.4, 0.5) is 0 Å². The van der Waals surface area contributed by atoms with E-state index in [0.717, 1.165) is 11.1 Å². The molecule has 0 radical (unpaired) electrons. The van der Waals surface area contributed by atoms with Gasteiger partial charge in [-0.1, -0.05) is 48.0 Å². The smallest absolute Gasteiger partial charge is 0.326 e. The third-order valence-electron chi connectivity index (χ3n) is 10.0. The number of amides is 4. The Morgan fingerprint density at radius 3 is 2.15 bits per heavy atom. The van der Waals surface area contributed by atoms with Gasteiger partial charge in [-0.05, 0) is 104 Å². The molecular weight excluding hydrogens is 790 g/mol. The number of nitrogens with zero attached hydrogens (tertiary/aromatic N) is 1. The van der Waals surface area contributed by atoms with Gasteiger partial charge in [0.05, 0.1) is 0 Å². The zero-order valence-corrected chi connectivity index (χ0v) is 34.4. The second kappa shape index (κ2) is 21.3. The number of fused-ring (bicyclic) bond motifs is 5. The summed E-state index contributed by atoms with van der Waals surface area (Å²) in [5.74, 6) is -3.09. The first-order valence-corrected chi connectivity index (χ1v) is 20.1. The number of hydrogen-bond donors (Lipinski definition) is 7. The van der Waals surface area contributed by atoms with Crippen molar-refractivity contribution in [1.29, 1.82) is 0 Å². The minimum Gasteiger partial charge on any atom is -0.492 e. The molecule has 0 fully saturated rings. The Kier molecular flexibility index (Phi) is 16.0. The molecule has 5 rings (SSSR count). The van der Waals surface area contributed by atoms with Crippen molar-refractivity contribution in [1.82, 2.24) is 20.9 Å². The van der Waals surface area contributed by atoms with Gasteiger partial charge in [-0.25, -0.2) is 4.79 Å². The van der Waals surface area contributed by atoms with E-state index in [1.165, 1.54) is 18.9 Å². The number of rotatable bonds is 16. The summed E-state index contributed by atoms with van der Waals surface area (Å²) in [6.07, 6.45) is 1.18. The van der Waals surface area contributed by atoms with Crippen LogP contribution in [0, 0.1) is 0 Å². The van der Waals surface area contributed by atoms with Gasteiger partial charge in [-0.3, -0.25) is 19.2 Å². The number of ether oxygens (including phenoxy) is 2. The number of carboxylic acid groups (broad SMARTS) is 1. The predicted molar refractivity (Wildman–Crippen MR) is 228 cm³/mol. The molecule has 1 heterocycles. The molecule has 0 saturated carbocycles. The lowest BCUT2D eigenvalue weighted by molar-refractivity contribution is -0.143. The van der Waals surface area contributed by atoms with Crippen LogP contribution >= 0.6 is 11.6 Å². The molecule has 318 valence electrons. The fourth-order valence-corrected chi connectivity index (χ4v) is 7.05. The summed E-state index contributed by atoms with van der Waals surface area (Å²) >= 11 is 6.09. The van der Waals surface area contributed by atoms with Gasteiger partial charge in [0.25, 0.3) is 5.91 Å². The highest BCUT2D eigenvalue weighted by atomic mass is 35.5. The van der Waals surface area contributed by atoms with Crippen molar-refractivity contribution >= 4 is 41.2 Å². The van der Waals surface area contributed by atoms with Crippen LogP contribution in [0.5, 0.6) is 11.5 Å². The van der Waals surface area contributed by atoms with E-state index in [0.29, 0.717) is 63.7 Å². The number of unbranched alkanes of at least 4 members (excludes halogenated alkanes) is 1. The number of aliphatic carboxylic acids is 1. The second-order valence-corrected chi connectivity index (χ2v) is 14.9. The third kappa shape index (κ3) is 11.4. The fourth-order valence-electron chi connectivity index (χ4n) is 6.92. The molecule has 4 bridgehead atoms. The van der Waals surface area contributed by atoms with E-state index in [1.807, 2.05) is 18.2 Å². The summed E-state index contributed by atoms with van der Waals surface area (Å²) in [5.41, 5.74) is 21.2. The zero-order chi connectivity index (χ0) is 43.3. The van der Waals surface area contributed by atoms with Crippen LogP contribution < -0.4 is 42.6 Å². The first kappa shape index (κ1) is 45.1.